The van der Waals surface area contributed by atoms with Crippen molar-refractivity contribution in [2.75, 3.05) is 13.2 Å². The van der Waals surface area contributed by atoms with Crippen LogP contribution in [0.1, 0.15) is 22.2 Å². The van der Waals surface area contributed by atoms with E-state index in [0.717, 1.165) is 27.1 Å². The molecule has 0 atom stereocenters. The van der Waals surface area contributed by atoms with Crippen LogP contribution in [0, 0.1) is 17.0 Å². The van der Waals surface area contributed by atoms with Gasteiger partial charge in [-0.25, -0.2) is 0 Å². The molecule has 0 bridgehead atoms. The van der Waals surface area contributed by atoms with Crippen molar-refractivity contribution >= 4 is 43.8 Å². The maximum absolute atomic E-state index is 12.5. The average Bonchev–Trinajstić information content (AvgIpc) is 3.20. The van der Waals surface area contributed by atoms with E-state index in [1.165, 1.54) is 23.5 Å². The molecule has 136 valence electrons. The smallest absolute Gasteiger partial charge is 0.324 e. The van der Waals surface area contributed by atoms with Crippen LogP contribution in [0.15, 0.2) is 35.3 Å². The van der Waals surface area contributed by atoms with Crippen LogP contribution in [-0.2, 0) is 11.3 Å². The summed E-state index contributed by atoms with van der Waals surface area (Å²) in [4.78, 5) is 27.8. The summed E-state index contributed by atoms with van der Waals surface area (Å²) < 4.78 is 8.42. The molecule has 3 rings (SSSR count). The van der Waals surface area contributed by atoms with Gasteiger partial charge in [-0.2, -0.15) is 4.99 Å². The zero-order valence-corrected chi connectivity index (χ0v) is 15.9. The molecular weight excluding hydrogens is 374 g/mol. The molecule has 9 heteroatoms. The lowest BCUT2D eigenvalue weighted by atomic mass is 10.2. The molecule has 2 aromatic heterocycles. The highest BCUT2D eigenvalue weighted by Crippen LogP contribution is 2.25. The maximum atomic E-state index is 12.5. The van der Waals surface area contributed by atoms with Crippen molar-refractivity contribution in [3.63, 3.8) is 0 Å². The minimum atomic E-state index is -0.508. The molecule has 0 N–H and O–H groups in total. The van der Waals surface area contributed by atoms with Crippen LogP contribution >= 0.6 is 22.7 Å². The fraction of sp³-hybridized carbons (Fsp3) is 0.294. The molecule has 0 unspecified atom stereocenters. The first kappa shape index (κ1) is 18.4. The van der Waals surface area contributed by atoms with Crippen LogP contribution < -0.4 is 4.80 Å². The number of nitrogens with zero attached hydrogens (tertiary/aromatic N) is 3. The first-order valence-corrected chi connectivity index (χ1v) is 9.64. The van der Waals surface area contributed by atoms with Crippen molar-refractivity contribution in [3.8, 4) is 0 Å². The molecule has 0 spiro atoms. The number of amides is 1. The van der Waals surface area contributed by atoms with Crippen molar-refractivity contribution in [1.82, 2.24) is 4.57 Å². The number of aryl methyl sites for hydroxylation is 1. The standard InChI is InChI=1S/C17H17N3O4S2/c1-3-24-9-8-19-12-5-4-11(2)10-14(12)26-17(19)18-16(21)13-6-7-15(25-13)20(22)23/h4-7,10H,3,8-9H2,1-2H3. The number of benzene rings is 1. The van der Waals surface area contributed by atoms with Crippen LogP contribution in [0.25, 0.3) is 10.2 Å². The Bertz CT molecular complexity index is 1030. The molecule has 0 fully saturated rings. The topological polar surface area (TPSA) is 86.7 Å². The van der Waals surface area contributed by atoms with Gasteiger partial charge in [-0.05, 0) is 37.6 Å². The quantitative estimate of drug-likeness (QED) is 0.364. The molecule has 3 aromatic rings. The van der Waals surface area contributed by atoms with Gasteiger partial charge in [0, 0.05) is 19.2 Å². The van der Waals surface area contributed by atoms with E-state index in [4.69, 9.17) is 4.74 Å². The van der Waals surface area contributed by atoms with Gasteiger partial charge in [0.2, 0.25) is 0 Å². The highest BCUT2D eigenvalue weighted by molar-refractivity contribution is 7.17. The summed E-state index contributed by atoms with van der Waals surface area (Å²) in [5.41, 5.74) is 2.12. The second-order valence-electron chi connectivity index (χ2n) is 5.52. The Morgan fingerprint density at radius 3 is 2.81 bits per heavy atom. The first-order valence-electron chi connectivity index (χ1n) is 8.00. The number of rotatable bonds is 6. The zero-order chi connectivity index (χ0) is 18.7. The molecule has 26 heavy (non-hydrogen) atoms. The number of aromatic nitrogens is 1. The van der Waals surface area contributed by atoms with Gasteiger partial charge in [-0.1, -0.05) is 28.7 Å². The molecule has 1 aromatic carbocycles. The highest BCUT2D eigenvalue weighted by Gasteiger charge is 2.15. The fourth-order valence-electron chi connectivity index (χ4n) is 2.46. The van der Waals surface area contributed by atoms with Gasteiger partial charge in [-0.15, -0.1) is 0 Å². The third-order valence-corrected chi connectivity index (χ3v) is 5.75. The summed E-state index contributed by atoms with van der Waals surface area (Å²) in [7, 11) is 0. The number of carbonyl (C=O) groups is 1. The van der Waals surface area contributed by atoms with Gasteiger partial charge < -0.3 is 9.30 Å². The van der Waals surface area contributed by atoms with E-state index in [0.29, 0.717) is 24.6 Å². The molecule has 1 amide bonds. The monoisotopic (exact) mass is 391 g/mol. The Hall–Kier alpha value is -2.36. The molecule has 0 aliphatic carbocycles. The Morgan fingerprint density at radius 1 is 1.31 bits per heavy atom. The summed E-state index contributed by atoms with van der Waals surface area (Å²) in [6.45, 7) is 5.65. The fourth-order valence-corrected chi connectivity index (χ4v) is 4.32. The molecule has 0 aliphatic rings. The van der Waals surface area contributed by atoms with Gasteiger partial charge in [0.25, 0.3) is 5.91 Å². The lowest BCUT2D eigenvalue weighted by Gasteiger charge is -2.05. The van der Waals surface area contributed by atoms with Gasteiger partial charge in [0.15, 0.2) is 4.80 Å². The SMILES string of the molecule is CCOCCn1c(=NC(=O)c2ccc([N+](=O)[O-])s2)sc2cc(C)ccc21. The zero-order valence-electron chi connectivity index (χ0n) is 14.3. The highest BCUT2D eigenvalue weighted by atomic mass is 32.1. The van der Waals surface area contributed by atoms with Crippen molar-refractivity contribution in [1.29, 1.82) is 0 Å². The lowest BCUT2D eigenvalue weighted by molar-refractivity contribution is -0.380. The van der Waals surface area contributed by atoms with E-state index in [2.05, 4.69) is 11.1 Å². The number of ether oxygens (including phenoxy) is 1. The van der Waals surface area contributed by atoms with E-state index < -0.39 is 10.8 Å². The van der Waals surface area contributed by atoms with Crippen molar-refractivity contribution in [2.45, 2.75) is 20.4 Å². The number of hydrogen-bond acceptors (Lipinski definition) is 6. The largest absolute Gasteiger partial charge is 0.380 e. The predicted octanol–water partition coefficient (Wildman–Crippen LogP) is 3.76. The minimum Gasteiger partial charge on any atom is -0.380 e. The Balaban J connectivity index is 2.03. The molecular formula is C17H17N3O4S2. The van der Waals surface area contributed by atoms with E-state index in [1.54, 1.807) is 0 Å². The van der Waals surface area contributed by atoms with Crippen LogP contribution in [0.3, 0.4) is 0 Å². The summed E-state index contributed by atoms with van der Waals surface area (Å²) in [5, 5.41) is 10.7. The molecule has 0 saturated heterocycles. The molecule has 0 radical (unpaired) electrons. The van der Waals surface area contributed by atoms with Crippen LogP contribution in [0.5, 0.6) is 0 Å². The normalized spacial score (nSPS) is 12.0. The Morgan fingerprint density at radius 2 is 2.12 bits per heavy atom. The molecule has 0 saturated carbocycles. The second kappa shape index (κ2) is 7.90. The van der Waals surface area contributed by atoms with Gasteiger partial charge in [0.05, 0.1) is 21.7 Å². The number of carbonyl (C=O) groups excluding carboxylic acids is 1. The van der Waals surface area contributed by atoms with Gasteiger partial charge in [-0.3, -0.25) is 14.9 Å². The summed E-state index contributed by atoms with van der Waals surface area (Å²) in [6, 6.07) is 8.84. The van der Waals surface area contributed by atoms with Crippen molar-refractivity contribution < 1.29 is 14.5 Å². The Labute approximate surface area is 157 Å². The van der Waals surface area contributed by atoms with Gasteiger partial charge >= 0.3 is 5.00 Å². The van der Waals surface area contributed by atoms with Crippen molar-refractivity contribution in [2.24, 2.45) is 4.99 Å². The van der Waals surface area contributed by atoms with E-state index in [-0.39, 0.29) is 9.88 Å². The summed E-state index contributed by atoms with van der Waals surface area (Å²) in [6.07, 6.45) is 0. The van der Waals surface area contributed by atoms with E-state index in [9.17, 15) is 14.9 Å². The van der Waals surface area contributed by atoms with E-state index in [1.807, 2.05) is 30.5 Å². The maximum Gasteiger partial charge on any atom is 0.324 e. The van der Waals surface area contributed by atoms with Crippen molar-refractivity contribution in [3.05, 3.63) is 55.7 Å². The number of fused-ring (bicyclic) bond motifs is 1. The number of nitro groups is 1. The molecule has 2 heterocycles. The third kappa shape index (κ3) is 3.90. The summed E-state index contributed by atoms with van der Waals surface area (Å²) >= 11 is 2.26. The number of thiophene rings is 1. The van der Waals surface area contributed by atoms with E-state index >= 15 is 0 Å². The molecule has 0 aliphatic heterocycles. The number of hydrogen-bond donors (Lipinski definition) is 0. The van der Waals surface area contributed by atoms with Crippen LogP contribution in [0.2, 0.25) is 0 Å². The number of thiazole rings is 1. The third-order valence-electron chi connectivity index (χ3n) is 3.68. The molecule has 7 nitrogen and oxygen atoms in total. The minimum absolute atomic E-state index is 0.0697. The van der Waals surface area contributed by atoms with Crippen LogP contribution in [0.4, 0.5) is 5.00 Å². The predicted molar refractivity (Wildman–Crippen MR) is 102 cm³/mol. The Kier molecular flexibility index (Phi) is 5.60. The second-order valence-corrected chi connectivity index (χ2v) is 7.59. The first-order chi connectivity index (χ1) is 12.5. The summed E-state index contributed by atoms with van der Waals surface area (Å²) in [5.74, 6) is -0.475. The average molecular weight is 391 g/mol. The lowest BCUT2D eigenvalue weighted by Crippen LogP contribution is -2.19. The van der Waals surface area contributed by atoms with Crippen LogP contribution in [-0.4, -0.2) is 28.6 Å². The van der Waals surface area contributed by atoms with Gasteiger partial charge in [0.1, 0.15) is 4.88 Å².